The van der Waals surface area contributed by atoms with E-state index < -0.39 is 0 Å². The number of rotatable bonds is 5. The van der Waals surface area contributed by atoms with Crippen LogP contribution < -0.4 is 15.6 Å². The molecule has 0 aliphatic carbocycles. The summed E-state index contributed by atoms with van der Waals surface area (Å²) in [7, 11) is 0. The van der Waals surface area contributed by atoms with Crippen LogP contribution in [0.2, 0.25) is 0 Å². The van der Waals surface area contributed by atoms with Crippen LogP contribution in [0.1, 0.15) is 11.9 Å². The third-order valence-corrected chi connectivity index (χ3v) is 5.27. The molecule has 3 rings (SSSR count). The highest BCUT2D eigenvalue weighted by molar-refractivity contribution is 7.80. The van der Waals surface area contributed by atoms with Crippen LogP contribution in [0.25, 0.3) is 10.2 Å². The average molecular weight is 365 g/mol. The van der Waals surface area contributed by atoms with Crippen molar-refractivity contribution in [1.82, 2.24) is 15.7 Å². The van der Waals surface area contributed by atoms with Gasteiger partial charge in [-0.05, 0) is 31.3 Å². The van der Waals surface area contributed by atoms with E-state index in [1.165, 1.54) is 0 Å². The first-order valence-corrected chi connectivity index (χ1v) is 9.30. The summed E-state index contributed by atoms with van der Waals surface area (Å²) in [6.07, 6.45) is 0. The summed E-state index contributed by atoms with van der Waals surface area (Å²) >= 11 is 6.91. The molecule has 1 fully saturated rings. The fraction of sp³-hybridized carbons (Fsp3) is 0.438. The molecule has 0 amide bonds. The maximum atomic E-state index is 5.35. The number of benzene rings is 1. The zero-order valence-corrected chi connectivity index (χ0v) is 15.3. The van der Waals surface area contributed by atoms with E-state index >= 15 is 0 Å². The Morgan fingerprint density at radius 2 is 2.17 bits per heavy atom. The van der Waals surface area contributed by atoms with Crippen molar-refractivity contribution in [3.05, 3.63) is 29.3 Å². The topological polar surface area (TPSA) is 63.0 Å². The van der Waals surface area contributed by atoms with E-state index in [1.54, 1.807) is 16.2 Å². The lowest BCUT2D eigenvalue weighted by Crippen LogP contribution is -3.14. The van der Waals surface area contributed by atoms with E-state index in [1.807, 2.05) is 25.1 Å². The van der Waals surface area contributed by atoms with Crippen LogP contribution >= 0.6 is 23.6 Å². The molecule has 0 spiro atoms. The molecule has 24 heavy (non-hydrogen) atoms. The highest BCUT2D eigenvalue weighted by Crippen LogP contribution is 2.21. The first-order valence-electron chi connectivity index (χ1n) is 8.08. The molecule has 0 saturated carbocycles. The molecule has 1 aromatic heterocycles. The van der Waals surface area contributed by atoms with E-state index in [2.05, 4.69) is 26.9 Å². The predicted octanol–water partition coefficient (Wildman–Crippen LogP) is 0.400. The number of nitrogens with one attached hydrogen (secondary N) is 3. The first kappa shape index (κ1) is 17.2. The summed E-state index contributed by atoms with van der Waals surface area (Å²) in [5.41, 5.74) is 4.74. The van der Waals surface area contributed by atoms with Gasteiger partial charge in [-0.15, -0.1) is 11.3 Å². The number of hydrogen-bond donors (Lipinski definition) is 3. The minimum atomic E-state index is 0.545. The van der Waals surface area contributed by atoms with Crippen molar-refractivity contribution in [2.45, 2.75) is 6.92 Å². The number of ether oxygens (including phenoxy) is 1. The quantitative estimate of drug-likeness (QED) is 0.407. The Balaban J connectivity index is 1.46. The summed E-state index contributed by atoms with van der Waals surface area (Å²) in [5.74, 6) is 0. The minimum Gasteiger partial charge on any atom is -0.370 e. The molecular formula is C16H22N5OS2+. The molecule has 8 heteroatoms. The molecule has 0 unspecified atom stereocenters. The van der Waals surface area contributed by atoms with Gasteiger partial charge in [0.15, 0.2) is 5.11 Å². The van der Waals surface area contributed by atoms with Gasteiger partial charge < -0.3 is 15.0 Å². The SMILES string of the molecule is C/C(=N/NC(=S)NCC[NH+]1CCOCC1)c1nc2ccccc2s1. The molecule has 2 heterocycles. The van der Waals surface area contributed by atoms with Gasteiger partial charge in [0, 0.05) is 0 Å². The molecule has 2 aromatic rings. The number of aromatic nitrogens is 1. The molecule has 6 nitrogen and oxygen atoms in total. The van der Waals surface area contributed by atoms with Crippen molar-refractivity contribution in [2.75, 3.05) is 39.4 Å². The Hall–Kier alpha value is -1.61. The maximum Gasteiger partial charge on any atom is 0.187 e. The highest BCUT2D eigenvalue weighted by atomic mass is 32.1. The van der Waals surface area contributed by atoms with Crippen molar-refractivity contribution in [3.8, 4) is 0 Å². The normalized spacial score (nSPS) is 16.3. The number of fused-ring (bicyclic) bond motifs is 1. The van der Waals surface area contributed by atoms with Crippen molar-refractivity contribution in [1.29, 1.82) is 0 Å². The summed E-state index contributed by atoms with van der Waals surface area (Å²) in [6.45, 7) is 7.63. The third kappa shape index (κ3) is 4.70. The van der Waals surface area contributed by atoms with Gasteiger partial charge in [-0.3, -0.25) is 5.43 Å². The minimum absolute atomic E-state index is 0.545. The van der Waals surface area contributed by atoms with E-state index in [-0.39, 0.29) is 0 Å². The van der Waals surface area contributed by atoms with Crippen LogP contribution in [0.5, 0.6) is 0 Å². The van der Waals surface area contributed by atoms with Crippen molar-refractivity contribution in [3.63, 3.8) is 0 Å². The number of nitrogens with zero attached hydrogens (tertiary/aromatic N) is 2. The Morgan fingerprint density at radius 1 is 1.38 bits per heavy atom. The molecular weight excluding hydrogens is 342 g/mol. The lowest BCUT2D eigenvalue weighted by molar-refractivity contribution is -0.906. The Bertz CT molecular complexity index is 691. The smallest absolute Gasteiger partial charge is 0.187 e. The molecule has 1 aliphatic rings. The van der Waals surface area contributed by atoms with Crippen molar-refractivity contribution >= 4 is 44.6 Å². The Morgan fingerprint density at radius 3 is 2.96 bits per heavy atom. The number of thiocarbonyl (C=S) groups is 1. The second-order valence-corrected chi connectivity index (χ2v) is 7.10. The lowest BCUT2D eigenvalue weighted by Gasteiger charge is -2.23. The zero-order chi connectivity index (χ0) is 16.8. The van der Waals surface area contributed by atoms with E-state index in [9.17, 15) is 0 Å². The second-order valence-electron chi connectivity index (χ2n) is 5.66. The van der Waals surface area contributed by atoms with Crippen LogP contribution in [0.3, 0.4) is 0 Å². The molecule has 0 bridgehead atoms. The van der Waals surface area contributed by atoms with Gasteiger partial charge in [-0.25, -0.2) is 4.98 Å². The second kappa shape index (κ2) is 8.48. The van der Waals surface area contributed by atoms with Gasteiger partial charge in [-0.2, -0.15) is 5.10 Å². The van der Waals surface area contributed by atoms with E-state index in [4.69, 9.17) is 17.0 Å². The summed E-state index contributed by atoms with van der Waals surface area (Å²) in [4.78, 5) is 6.13. The fourth-order valence-corrected chi connectivity index (χ4v) is 3.57. The lowest BCUT2D eigenvalue weighted by atomic mass is 10.3. The maximum absolute atomic E-state index is 5.35. The van der Waals surface area contributed by atoms with Gasteiger partial charge in [0.25, 0.3) is 0 Å². The van der Waals surface area contributed by atoms with Gasteiger partial charge in [0.1, 0.15) is 18.1 Å². The van der Waals surface area contributed by atoms with E-state index in [0.717, 1.165) is 60.3 Å². The zero-order valence-electron chi connectivity index (χ0n) is 13.7. The first-order chi connectivity index (χ1) is 11.7. The predicted molar refractivity (Wildman–Crippen MR) is 102 cm³/mol. The number of hydrazone groups is 1. The Kier molecular flexibility index (Phi) is 6.08. The van der Waals surface area contributed by atoms with E-state index in [0.29, 0.717) is 5.11 Å². The summed E-state index contributed by atoms with van der Waals surface area (Å²) < 4.78 is 6.52. The molecule has 1 saturated heterocycles. The largest absolute Gasteiger partial charge is 0.370 e. The van der Waals surface area contributed by atoms with Crippen LogP contribution in [0, 0.1) is 0 Å². The van der Waals surface area contributed by atoms with Crippen LogP contribution in [-0.4, -0.2) is 55.2 Å². The third-order valence-electron chi connectivity index (χ3n) is 3.89. The molecule has 3 N–H and O–H groups in total. The number of para-hydroxylation sites is 1. The van der Waals surface area contributed by atoms with Gasteiger partial charge in [-0.1, -0.05) is 12.1 Å². The van der Waals surface area contributed by atoms with Crippen molar-refractivity contribution in [2.24, 2.45) is 5.10 Å². The van der Waals surface area contributed by atoms with Crippen LogP contribution in [-0.2, 0) is 4.74 Å². The van der Waals surface area contributed by atoms with Gasteiger partial charge in [0.2, 0.25) is 0 Å². The number of morpholine rings is 1. The number of hydrogen-bond acceptors (Lipinski definition) is 5. The Labute approximate surface area is 150 Å². The highest BCUT2D eigenvalue weighted by Gasteiger charge is 2.13. The van der Waals surface area contributed by atoms with Gasteiger partial charge >= 0.3 is 0 Å². The van der Waals surface area contributed by atoms with Crippen LogP contribution in [0.4, 0.5) is 0 Å². The summed E-state index contributed by atoms with van der Waals surface area (Å²) in [6, 6.07) is 8.09. The monoisotopic (exact) mass is 364 g/mol. The fourth-order valence-electron chi connectivity index (χ4n) is 2.51. The van der Waals surface area contributed by atoms with Crippen molar-refractivity contribution < 1.29 is 9.64 Å². The molecule has 1 aliphatic heterocycles. The number of thiazole rings is 1. The standard InChI is InChI=1S/C16H21N5OS2/c1-12(15-18-13-4-2-3-5-14(13)24-15)19-20-16(23)17-6-7-21-8-10-22-11-9-21/h2-5H,6-11H2,1H3,(H2,17,20,23)/p+1/b19-12-. The number of quaternary nitrogens is 1. The molecule has 0 radical (unpaired) electrons. The molecule has 128 valence electrons. The average Bonchev–Trinajstić information content (AvgIpc) is 3.05. The van der Waals surface area contributed by atoms with Crippen LogP contribution in [0.15, 0.2) is 29.4 Å². The molecule has 1 aromatic carbocycles. The summed E-state index contributed by atoms with van der Waals surface area (Å²) in [5, 5.41) is 8.99. The molecule has 0 atom stereocenters. The van der Waals surface area contributed by atoms with Gasteiger partial charge in [0.05, 0.1) is 42.2 Å².